The molecule has 180 valence electrons. The number of thiophene rings is 1. The smallest absolute Gasteiger partial charge is 0.263 e. The number of hydrogen-bond acceptors (Lipinski definition) is 5. The van der Waals surface area contributed by atoms with Gasteiger partial charge in [-0.25, -0.2) is 4.98 Å². The van der Waals surface area contributed by atoms with Crippen molar-refractivity contribution in [2.45, 2.75) is 78.0 Å². The van der Waals surface area contributed by atoms with Gasteiger partial charge in [0.2, 0.25) is 5.91 Å². The van der Waals surface area contributed by atoms with Gasteiger partial charge in [0.15, 0.2) is 0 Å². The summed E-state index contributed by atoms with van der Waals surface area (Å²) in [5, 5.41) is 6.93. The quantitative estimate of drug-likeness (QED) is 0.438. The van der Waals surface area contributed by atoms with Crippen LogP contribution in [0.5, 0.6) is 0 Å². The number of benzene rings is 1. The first kappa shape index (κ1) is 24.4. The maximum absolute atomic E-state index is 13.3. The molecule has 1 aromatic carbocycles. The minimum Gasteiger partial charge on any atom is -0.370 e. The number of ether oxygens (including phenoxy) is 1. The van der Waals surface area contributed by atoms with Crippen LogP contribution in [0.15, 0.2) is 36.4 Å². The number of aryl methyl sites for hydroxylation is 1. The Morgan fingerprint density at radius 3 is 2.74 bits per heavy atom. The first-order chi connectivity index (χ1) is 16.3. The zero-order chi connectivity index (χ0) is 24.3. The number of anilines is 1. The summed E-state index contributed by atoms with van der Waals surface area (Å²) in [7, 11) is 0. The fraction of sp³-hybridized carbons (Fsp3) is 0.444. The third-order valence-corrected chi connectivity index (χ3v) is 7.20. The van der Waals surface area contributed by atoms with Gasteiger partial charge in [-0.05, 0) is 51.7 Å². The third-order valence-electron chi connectivity index (χ3n) is 6.10. The monoisotopic (exact) mass is 479 g/mol. The number of nitrogens with one attached hydrogen (secondary N) is 2. The number of rotatable bonds is 8. The van der Waals surface area contributed by atoms with Crippen LogP contribution in [0.4, 0.5) is 5.69 Å². The van der Waals surface area contributed by atoms with Crippen LogP contribution in [0, 0.1) is 0 Å². The molecule has 0 aliphatic carbocycles. The third kappa shape index (κ3) is 5.65. The van der Waals surface area contributed by atoms with Gasteiger partial charge in [0.25, 0.3) is 5.91 Å². The number of pyridine rings is 1. The molecule has 3 heterocycles. The molecular formula is C27H33N3O3S. The molecule has 2 N–H and O–H groups in total. The van der Waals surface area contributed by atoms with Gasteiger partial charge in [0.05, 0.1) is 23.6 Å². The lowest BCUT2D eigenvalue weighted by Crippen LogP contribution is -2.33. The standard InChI is InChI=1S/C27H33N3O3S/c1-5-9-22(31)30-23-20-14-19-16-33-27(3,4)15-21(19)29-26(20)34-24(23)25(32)28-17(2)12-13-18-10-7-6-8-11-18/h6-8,10-11,14,17H,5,9,12-13,15-16H2,1-4H3,(H,28,32)(H,30,31). The van der Waals surface area contributed by atoms with E-state index in [0.717, 1.165) is 40.7 Å². The minimum absolute atomic E-state index is 0.00697. The summed E-state index contributed by atoms with van der Waals surface area (Å²) >= 11 is 1.34. The molecule has 0 spiro atoms. The topological polar surface area (TPSA) is 80.3 Å². The zero-order valence-corrected chi connectivity index (χ0v) is 21.2. The molecule has 0 saturated carbocycles. The molecule has 2 amide bonds. The fourth-order valence-electron chi connectivity index (χ4n) is 4.21. The Bertz CT molecular complexity index is 1190. The SMILES string of the molecule is CCCC(=O)Nc1c(C(=O)NC(C)CCc2ccccc2)sc2nc3c(cc12)COC(C)(C)C3. The lowest BCUT2D eigenvalue weighted by molar-refractivity contribution is -0.116. The molecule has 1 aliphatic heterocycles. The maximum Gasteiger partial charge on any atom is 0.263 e. The highest BCUT2D eigenvalue weighted by molar-refractivity contribution is 7.21. The van der Waals surface area contributed by atoms with Crippen LogP contribution in [-0.2, 0) is 29.0 Å². The van der Waals surface area contributed by atoms with E-state index >= 15 is 0 Å². The predicted molar refractivity (Wildman–Crippen MR) is 137 cm³/mol. The fourth-order valence-corrected chi connectivity index (χ4v) is 5.24. The van der Waals surface area contributed by atoms with Crippen molar-refractivity contribution in [3.63, 3.8) is 0 Å². The lowest BCUT2D eigenvalue weighted by Gasteiger charge is -2.31. The van der Waals surface area contributed by atoms with E-state index in [1.165, 1.54) is 16.9 Å². The van der Waals surface area contributed by atoms with E-state index in [9.17, 15) is 9.59 Å². The van der Waals surface area contributed by atoms with Crippen LogP contribution >= 0.6 is 11.3 Å². The van der Waals surface area contributed by atoms with Crippen LogP contribution < -0.4 is 10.6 Å². The summed E-state index contributed by atoms with van der Waals surface area (Å²) in [4.78, 5) is 32.0. The summed E-state index contributed by atoms with van der Waals surface area (Å²) in [5.74, 6) is -0.270. The molecule has 0 radical (unpaired) electrons. The Morgan fingerprint density at radius 2 is 2.00 bits per heavy atom. The first-order valence-electron chi connectivity index (χ1n) is 12.0. The van der Waals surface area contributed by atoms with Crippen molar-refractivity contribution >= 4 is 39.1 Å². The summed E-state index contributed by atoms with van der Waals surface area (Å²) in [6.45, 7) is 8.57. The van der Waals surface area contributed by atoms with Crippen molar-refractivity contribution in [2.75, 3.05) is 5.32 Å². The van der Waals surface area contributed by atoms with E-state index in [4.69, 9.17) is 9.72 Å². The molecule has 2 aromatic heterocycles. The van der Waals surface area contributed by atoms with Gasteiger partial charge in [-0.15, -0.1) is 11.3 Å². The van der Waals surface area contributed by atoms with Crippen LogP contribution in [0.25, 0.3) is 10.2 Å². The van der Waals surface area contributed by atoms with Crippen molar-refractivity contribution in [1.29, 1.82) is 0 Å². The van der Waals surface area contributed by atoms with Crippen LogP contribution in [-0.4, -0.2) is 28.4 Å². The largest absolute Gasteiger partial charge is 0.370 e. The summed E-state index contributed by atoms with van der Waals surface area (Å²) in [6.07, 6.45) is 3.58. The van der Waals surface area contributed by atoms with Gasteiger partial charge in [-0.2, -0.15) is 0 Å². The summed E-state index contributed by atoms with van der Waals surface area (Å²) in [5.41, 5.74) is 3.56. The normalized spacial score (nSPS) is 15.5. The Kier molecular flexibility index (Phi) is 7.33. The second kappa shape index (κ2) is 10.2. The average molecular weight is 480 g/mol. The second-order valence-electron chi connectivity index (χ2n) is 9.68. The van der Waals surface area contributed by atoms with E-state index in [-0.39, 0.29) is 23.5 Å². The summed E-state index contributed by atoms with van der Waals surface area (Å²) in [6, 6.07) is 12.3. The van der Waals surface area contributed by atoms with E-state index in [0.29, 0.717) is 30.0 Å². The first-order valence-corrected chi connectivity index (χ1v) is 12.8. The van der Waals surface area contributed by atoms with Gasteiger partial charge >= 0.3 is 0 Å². The van der Waals surface area contributed by atoms with E-state index < -0.39 is 0 Å². The van der Waals surface area contributed by atoms with Gasteiger partial charge in [0.1, 0.15) is 9.71 Å². The molecule has 0 bridgehead atoms. The molecule has 4 rings (SSSR count). The Morgan fingerprint density at radius 1 is 1.24 bits per heavy atom. The number of carbonyl (C=O) groups is 2. The van der Waals surface area contributed by atoms with Crippen LogP contribution in [0.3, 0.4) is 0 Å². The number of carbonyl (C=O) groups excluding carboxylic acids is 2. The Hall–Kier alpha value is -2.77. The molecule has 34 heavy (non-hydrogen) atoms. The van der Waals surface area contributed by atoms with Crippen molar-refractivity contribution < 1.29 is 14.3 Å². The Balaban J connectivity index is 1.60. The number of aromatic nitrogens is 1. The minimum atomic E-state index is -0.266. The van der Waals surface area contributed by atoms with Crippen molar-refractivity contribution in [3.8, 4) is 0 Å². The molecular weight excluding hydrogens is 446 g/mol. The highest BCUT2D eigenvalue weighted by atomic mass is 32.1. The van der Waals surface area contributed by atoms with Crippen molar-refractivity contribution in [3.05, 3.63) is 58.1 Å². The zero-order valence-electron chi connectivity index (χ0n) is 20.4. The van der Waals surface area contributed by atoms with Gasteiger partial charge in [-0.3, -0.25) is 9.59 Å². The number of fused-ring (bicyclic) bond motifs is 2. The number of nitrogens with zero attached hydrogens (tertiary/aromatic N) is 1. The lowest BCUT2D eigenvalue weighted by atomic mass is 9.95. The van der Waals surface area contributed by atoms with Gasteiger partial charge in [-0.1, -0.05) is 37.3 Å². The molecule has 0 fully saturated rings. The molecule has 1 atom stereocenters. The highest BCUT2D eigenvalue weighted by Crippen LogP contribution is 2.38. The van der Waals surface area contributed by atoms with Crippen molar-refractivity contribution in [2.24, 2.45) is 0 Å². The molecule has 3 aromatic rings. The number of amides is 2. The van der Waals surface area contributed by atoms with E-state index in [1.807, 2.05) is 38.1 Å². The highest BCUT2D eigenvalue weighted by Gasteiger charge is 2.29. The molecule has 6 nitrogen and oxygen atoms in total. The van der Waals surface area contributed by atoms with Gasteiger partial charge in [0, 0.05) is 29.8 Å². The molecule has 0 saturated heterocycles. The molecule has 1 unspecified atom stereocenters. The number of hydrogen-bond donors (Lipinski definition) is 2. The molecule has 7 heteroatoms. The second-order valence-corrected chi connectivity index (χ2v) is 10.7. The van der Waals surface area contributed by atoms with E-state index in [2.05, 4.69) is 36.6 Å². The van der Waals surface area contributed by atoms with Crippen molar-refractivity contribution in [1.82, 2.24) is 10.3 Å². The Labute approximate surface area is 205 Å². The predicted octanol–water partition coefficient (Wildman–Crippen LogP) is 5.64. The maximum atomic E-state index is 13.3. The average Bonchev–Trinajstić information content (AvgIpc) is 3.13. The van der Waals surface area contributed by atoms with Gasteiger partial charge < -0.3 is 15.4 Å². The van der Waals surface area contributed by atoms with Crippen LogP contribution in [0.2, 0.25) is 0 Å². The summed E-state index contributed by atoms with van der Waals surface area (Å²) < 4.78 is 5.97. The van der Waals surface area contributed by atoms with E-state index in [1.54, 1.807) is 0 Å². The van der Waals surface area contributed by atoms with Crippen LogP contribution in [0.1, 0.15) is 73.4 Å². The molecule has 1 aliphatic rings.